The maximum absolute atomic E-state index is 13.0. The Morgan fingerprint density at radius 2 is 0.533 bits per heavy atom. The molecule has 0 aromatic carbocycles. The molecule has 3 N–H and O–H groups in total. The van der Waals surface area contributed by atoms with E-state index in [0.29, 0.717) is 25.7 Å². The summed E-state index contributed by atoms with van der Waals surface area (Å²) in [5, 5.41) is 10.6. The largest absolute Gasteiger partial charge is 0.472 e. The van der Waals surface area contributed by atoms with Crippen molar-refractivity contribution in [1.82, 2.24) is 0 Å². The number of carbonyl (C=O) groups is 4. The van der Waals surface area contributed by atoms with Gasteiger partial charge in [0.1, 0.15) is 19.3 Å². The summed E-state index contributed by atoms with van der Waals surface area (Å²) in [4.78, 5) is 72.5. The molecule has 0 rings (SSSR count). The molecular weight excluding hydrogens is 1190 g/mol. The third-order valence-corrected chi connectivity index (χ3v) is 18.8. The van der Waals surface area contributed by atoms with E-state index >= 15 is 0 Å². The molecular formula is C71H138O17P2. The van der Waals surface area contributed by atoms with Crippen LogP contribution in [0.5, 0.6) is 0 Å². The standard InChI is InChI=1S/C71H138O17P2/c1-6-10-13-16-19-22-24-26-27-28-29-30-31-33-35-37-40-46-51-56-70(75)87-66(60-82-69(74)55-50-45-39-36-34-32-25-23-20-17-14-11-7-2)62-85-89(77,78)83-58-65(72)59-84-90(79,80)86-63-67(61-81-68(73)54-49-44-38-21-18-15-12-8-3)88-71(76)57-52-47-42-41-43-48-53-64(5)9-4/h64-67,72H,6-63H2,1-5H3,(H,77,78)(H,79,80)/t64?,65-,66-,67-/m1/s1. The highest BCUT2D eigenvalue weighted by Gasteiger charge is 2.30. The Morgan fingerprint density at radius 1 is 0.311 bits per heavy atom. The summed E-state index contributed by atoms with van der Waals surface area (Å²) in [5.74, 6) is -1.41. The van der Waals surface area contributed by atoms with Gasteiger partial charge in [-0.15, -0.1) is 0 Å². The molecule has 0 aliphatic carbocycles. The summed E-state index contributed by atoms with van der Waals surface area (Å²) < 4.78 is 68.2. The van der Waals surface area contributed by atoms with Crippen LogP contribution in [-0.2, 0) is 65.4 Å². The Balaban J connectivity index is 5.19. The quantitative estimate of drug-likeness (QED) is 0.0222. The van der Waals surface area contributed by atoms with Gasteiger partial charge in [0.15, 0.2) is 12.2 Å². The van der Waals surface area contributed by atoms with Crippen LogP contribution in [0.1, 0.15) is 369 Å². The van der Waals surface area contributed by atoms with E-state index in [1.54, 1.807) is 0 Å². The number of aliphatic hydroxyl groups is 1. The van der Waals surface area contributed by atoms with Crippen molar-refractivity contribution >= 4 is 39.5 Å². The number of unbranched alkanes of at least 4 members (excludes halogenated alkanes) is 42. The predicted molar refractivity (Wildman–Crippen MR) is 363 cm³/mol. The Labute approximate surface area is 549 Å². The van der Waals surface area contributed by atoms with Crippen LogP contribution < -0.4 is 0 Å². The number of phosphoric acid groups is 2. The van der Waals surface area contributed by atoms with Crippen molar-refractivity contribution in [2.24, 2.45) is 5.92 Å². The molecule has 19 heteroatoms. The number of esters is 4. The van der Waals surface area contributed by atoms with E-state index in [9.17, 15) is 43.2 Å². The molecule has 0 bridgehead atoms. The van der Waals surface area contributed by atoms with Gasteiger partial charge in [0.2, 0.25) is 0 Å². The topological polar surface area (TPSA) is 237 Å². The number of ether oxygens (including phenoxy) is 4. The number of phosphoric ester groups is 2. The second-order valence-electron chi connectivity index (χ2n) is 25.9. The number of aliphatic hydroxyl groups excluding tert-OH is 1. The van der Waals surface area contributed by atoms with Gasteiger partial charge in [-0.1, -0.05) is 317 Å². The molecule has 0 heterocycles. The molecule has 0 radical (unpaired) electrons. The lowest BCUT2D eigenvalue weighted by atomic mass is 10.00. The third-order valence-electron chi connectivity index (χ3n) is 16.9. The zero-order chi connectivity index (χ0) is 66.3. The van der Waals surface area contributed by atoms with Crippen LogP contribution in [0.25, 0.3) is 0 Å². The van der Waals surface area contributed by atoms with Crippen molar-refractivity contribution in [2.45, 2.75) is 387 Å². The van der Waals surface area contributed by atoms with E-state index in [-0.39, 0.29) is 25.7 Å². The van der Waals surface area contributed by atoms with E-state index in [1.807, 2.05) is 0 Å². The highest BCUT2D eigenvalue weighted by atomic mass is 31.2. The predicted octanol–water partition coefficient (Wildman–Crippen LogP) is 20.5. The van der Waals surface area contributed by atoms with E-state index in [2.05, 4.69) is 34.6 Å². The lowest BCUT2D eigenvalue weighted by Gasteiger charge is -2.21. The van der Waals surface area contributed by atoms with Gasteiger partial charge in [-0.25, -0.2) is 9.13 Å². The molecule has 90 heavy (non-hydrogen) atoms. The van der Waals surface area contributed by atoms with Crippen LogP contribution in [0.2, 0.25) is 0 Å². The number of rotatable bonds is 71. The van der Waals surface area contributed by atoms with E-state index < -0.39 is 97.5 Å². The Hall–Kier alpha value is -1.94. The fourth-order valence-electron chi connectivity index (χ4n) is 10.8. The van der Waals surface area contributed by atoms with Crippen LogP contribution in [0.15, 0.2) is 0 Å². The van der Waals surface area contributed by atoms with Crippen molar-refractivity contribution in [2.75, 3.05) is 39.6 Å². The Morgan fingerprint density at radius 3 is 0.789 bits per heavy atom. The van der Waals surface area contributed by atoms with Gasteiger partial charge < -0.3 is 33.8 Å². The monoisotopic (exact) mass is 1320 g/mol. The van der Waals surface area contributed by atoms with Crippen molar-refractivity contribution in [3.05, 3.63) is 0 Å². The zero-order valence-corrected chi connectivity index (χ0v) is 60.1. The van der Waals surface area contributed by atoms with Gasteiger partial charge in [-0.3, -0.25) is 37.3 Å². The molecule has 0 fully saturated rings. The average molecular weight is 1330 g/mol. The summed E-state index contributed by atoms with van der Waals surface area (Å²) in [7, 11) is -9.90. The highest BCUT2D eigenvalue weighted by Crippen LogP contribution is 2.45. The first-order chi connectivity index (χ1) is 43.6. The third kappa shape index (κ3) is 63.5. The SMILES string of the molecule is CCCCCCCCCCCCCCCCCCCCCC(=O)O[C@H](COC(=O)CCCCCCCCCCCCCCC)COP(=O)(O)OC[C@@H](O)COP(=O)(O)OC[C@@H](COC(=O)CCCCCCCCCC)OC(=O)CCCCCCCCC(C)CC. The molecule has 0 saturated carbocycles. The normalized spacial score (nSPS) is 14.4. The Kier molecular flexibility index (Phi) is 63.0. The summed E-state index contributed by atoms with van der Waals surface area (Å²) in [6.45, 7) is 7.18. The summed E-state index contributed by atoms with van der Waals surface area (Å²) in [5.41, 5.74) is 0. The fourth-order valence-corrected chi connectivity index (χ4v) is 12.4. The number of carbonyl (C=O) groups excluding carboxylic acids is 4. The second kappa shape index (κ2) is 64.4. The van der Waals surface area contributed by atoms with Crippen molar-refractivity contribution in [3.63, 3.8) is 0 Å². The van der Waals surface area contributed by atoms with Gasteiger partial charge in [-0.05, 0) is 31.6 Å². The molecule has 6 atom stereocenters. The summed E-state index contributed by atoms with van der Waals surface area (Å²) >= 11 is 0. The molecule has 0 aromatic rings. The van der Waals surface area contributed by atoms with Crippen molar-refractivity contribution < 1.29 is 80.2 Å². The molecule has 534 valence electrons. The van der Waals surface area contributed by atoms with Crippen LogP contribution in [0.3, 0.4) is 0 Å². The van der Waals surface area contributed by atoms with E-state index in [0.717, 1.165) is 102 Å². The minimum atomic E-state index is -4.95. The van der Waals surface area contributed by atoms with Crippen molar-refractivity contribution in [3.8, 4) is 0 Å². The molecule has 0 aliphatic heterocycles. The van der Waals surface area contributed by atoms with Crippen LogP contribution in [0, 0.1) is 5.92 Å². The van der Waals surface area contributed by atoms with E-state index in [4.69, 9.17) is 37.0 Å². The van der Waals surface area contributed by atoms with Gasteiger partial charge in [-0.2, -0.15) is 0 Å². The molecule has 0 saturated heterocycles. The van der Waals surface area contributed by atoms with Gasteiger partial charge in [0.25, 0.3) is 0 Å². The first-order valence-corrected chi connectivity index (χ1v) is 40.2. The smallest absolute Gasteiger partial charge is 0.462 e. The summed E-state index contributed by atoms with van der Waals surface area (Å²) in [6.07, 6.45) is 51.5. The lowest BCUT2D eigenvalue weighted by molar-refractivity contribution is -0.161. The Bertz CT molecular complexity index is 1740. The van der Waals surface area contributed by atoms with Crippen molar-refractivity contribution in [1.29, 1.82) is 0 Å². The molecule has 0 aromatic heterocycles. The summed E-state index contributed by atoms with van der Waals surface area (Å²) in [6, 6.07) is 0. The van der Waals surface area contributed by atoms with Gasteiger partial charge in [0.05, 0.1) is 26.4 Å². The van der Waals surface area contributed by atoms with Crippen LogP contribution in [0.4, 0.5) is 0 Å². The molecule has 0 spiro atoms. The first kappa shape index (κ1) is 88.1. The number of hydrogen-bond donors (Lipinski definition) is 3. The fraction of sp³-hybridized carbons (Fsp3) is 0.944. The second-order valence-corrected chi connectivity index (χ2v) is 28.8. The minimum Gasteiger partial charge on any atom is -0.462 e. The van der Waals surface area contributed by atoms with Gasteiger partial charge >= 0.3 is 39.5 Å². The van der Waals surface area contributed by atoms with E-state index in [1.165, 1.54) is 186 Å². The molecule has 0 amide bonds. The lowest BCUT2D eigenvalue weighted by Crippen LogP contribution is -2.30. The minimum absolute atomic E-state index is 0.103. The average Bonchev–Trinajstić information content (AvgIpc) is 3.64. The highest BCUT2D eigenvalue weighted by molar-refractivity contribution is 7.47. The van der Waals surface area contributed by atoms with Crippen LogP contribution in [-0.4, -0.2) is 96.7 Å². The maximum atomic E-state index is 13.0. The maximum Gasteiger partial charge on any atom is 0.472 e. The zero-order valence-electron chi connectivity index (χ0n) is 58.3. The number of hydrogen-bond acceptors (Lipinski definition) is 15. The molecule has 3 unspecified atom stereocenters. The molecule has 17 nitrogen and oxygen atoms in total. The van der Waals surface area contributed by atoms with Crippen LogP contribution >= 0.6 is 15.6 Å². The van der Waals surface area contributed by atoms with Gasteiger partial charge in [0, 0.05) is 25.7 Å². The first-order valence-electron chi connectivity index (χ1n) is 37.2. The molecule has 0 aliphatic rings.